The third-order valence-electron chi connectivity index (χ3n) is 5.85. The molecule has 0 fully saturated rings. The number of carbonyl (C=O) groups excluding carboxylic acids is 2. The van der Waals surface area contributed by atoms with Gasteiger partial charge in [0.25, 0.3) is 0 Å². The molecule has 8 heteroatoms. The van der Waals surface area contributed by atoms with Crippen LogP contribution >= 0.6 is 11.3 Å². The van der Waals surface area contributed by atoms with Crippen molar-refractivity contribution in [3.63, 3.8) is 0 Å². The topological polar surface area (TPSA) is 65.5 Å². The average Bonchev–Trinajstić information content (AvgIpc) is 3.52. The number of carbonyl (C=O) groups is 2. The Labute approximate surface area is 212 Å². The van der Waals surface area contributed by atoms with E-state index in [0.29, 0.717) is 16.5 Å². The van der Waals surface area contributed by atoms with Gasteiger partial charge in [-0.15, -0.1) is 11.3 Å². The molecular formula is C28H23FN4O2S. The van der Waals surface area contributed by atoms with Crippen LogP contribution in [0.15, 0.2) is 84.3 Å². The Kier molecular flexibility index (Phi) is 6.60. The van der Waals surface area contributed by atoms with Crippen LogP contribution < -0.4 is 15.1 Å². The molecule has 0 unspecified atom stereocenters. The summed E-state index contributed by atoms with van der Waals surface area (Å²) >= 11 is 1.19. The first-order valence-electron chi connectivity index (χ1n) is 11.4. The lowest BCUT2D eigenvalue weighted by Crippen LogP contribution is -2.23. The van der Waals surface area contributed by atoms with E-state index < -0.39 is 5.82 Å². The lowest BCUT2D eigenvalue weighted by molar-refractivity contribution is -0.116. The number of hydrogen-bond acceptors (Lipinski definition) is 5. The summed E-state index contributed by atoms with van der Waals surface area (Å²) in [7, 11) is 0. The van der Waals surface area contributed by atoms with Crippen molar-refractivity contribution in [2.24, 2.45) is 0 Å². The monoisotopic (exact) mass is 498 g/mol. The Hall–Kier alpha value is -4.30. The Morgan fingerprint density at radius 2 is 1.81 bits per heavy atom. The fraction of sp³-hybridized carbons (Fsp3) is 0.107. The van der Waals surface area contributed by atoms with E-state index in [1.807, 2.05) is 30.3 Å². The molecule has 0 radical (unpaired) electrons. The van der Waals surface area contributed by atoms with Crippen LogP contribution in [0.25, 0.3) is 6.08 Å². The molecule has 0 aliphatic carbocycles. The first-order valence-corrected chi connectivity index (χ1v) is 12.3. The summed E-state index contributed by atoms with van der Waals surface area (Å²) in [6, 6.07) is 22.1. The molecule has 0 saturated heterocycles. The number of hydrogen-bond donors (Lipinski definition) is 1. The van der Waals surface area contributed by atoms with Gasteiger partial charge in [-0.05, 0) is 60.5 Å². The number of amides is 2. The minimum atomic E-state index is -0.515. The SMILES string of the molecule is CC(=O)N(c1nc(/C=C/C(=O)Nc2ccc(N3CCc4ccccc43)cc2)cs1)c1ccccc1F. The lowest BCUT2D eigenvalue weighted by Gasteiger charge is -2.19. The van der Waals surface area contributed by atoms with E-state index in [1.54, 1.807) is 23.6 Å². The summed E-state index contributed by atoms with van der Waals surface area (Å²) in [5.41, 5.74) is 4.95. The molecule has 0 atom stereocenters. The molecule has 1 aliphatic rings. The van der Waals surface area contributed by atoms with Crippen LogP contribution in [0, 0.1) is 5.82 Å². The molecule has 5 rings (SSSR count). The molecule has 0 spiro atoms. The summed E-state index contributed by atoms with van der Waals surface area (Å²) in [6.45, 7) is 2.28. The van der Waals surface area contributed by atoms with Gasteiger partial charge in [-0.3, -0.25) is 14.5 Å². The third kappa shape index (κ3) is 4.89. The van der Waals surface area contributed by atoms with Crippen molar-refractivity contribution < 1.29 is 14.0 Å². The Morgan fingerprint density at radius 1 is 1.06 bits per heavy atom. The van der Waals surface area contributed by atoms with Crippen molar-refractivity contribution in [3.8, 4) is 0 Å². The Balaban J connectivity index is 1.24. The highest BCUT2D eigenvalue weighted by atomic mass is 32.1. The second kappa shape index (κ2) is 10.1. The van der Waals surface area contributed by atoms with E-state index in [4.69, 9.17) is 0 Å². The van der Waals surface area contributed by atoms with Gasteiger partial charge in [0.2, 0.25) is 11.8 Å². The van der Waals surface area contributed by atoms with Crippen molar-refractivity contribution in [1.29, 1.82) is 0 Å². The summed E-state index contributed by atoms with van der Waals surface area (Å²) in [4.78, 5) is 32.5. The van der Waals surface area contributed by atoms with E-state index in [2.05, 4.69) is 33.4 Å². The van der Waals surface area contributed by atoms with E-state index in [1.165, 1.54) is 52.6 Å². The molecule has 0 saturated carbocycles. The van der Waals surface area contributed by atoms with Crippen LogP contribution in [0.4, 0.5) is 32.3 Å². The second-order valence-corrected chi connectivity index (χ2v) is 9.10. The highest BCUT2D eigenvalue weighted by molar-refractivity contribution is 7.14. The lowest BCUT2D eigenvalue weighted by atomic mass is 10.2. The minimum Gasteiger partial charge on any atom is -0.341 e. The quantitative estimate of drug-likeness (QED) is 0.316. The molecule has 2 heterocycles. The number of fused-ring (bicyclic) bond motifs is 1. The number of nitrogens with zero attached hydrogens (tertiary/aromatic N) is 3. The molecular weight excluding hydrogens is 475 g/mol. The predicted molar refractivity (Wildman–Crippen MR) is 143 cm³/mol. The molecule has 1 aromatic heterocycles. The first kappa shape index (κ1) is 23.4. The van der Waals surface area contributed by atoms with Gasteiger partial charge < -0.3 is 10.2 Å². The van der Waals surface area contributed by atoms with E-state index >= 15 is 0 Å². The predicted octanol–water partition coefficient (Wildman–Crippen LogP) is 6.31. The van der Waals surface area contributed by atoms with Gasteiger partial charge >= 0.3 is 0 Å². The first-order chi connectivity index (χ1) is 17.5. The number of aromatic nitrogens is 1. The van der Waals surface area contributed by atoms with Crippen molar-refractivity contribution in [2.75, 3.05) is 21.7 Å². The molecule has 2 amide bonds. The standard InChI is InChI=1S/C28H23FN4O2S/c1-19(34)33(26-9-5-3-7-24(26)29)28-31-22(18-36-28)12-15-27(35)30-21-10-13-23(14-11-21)32-17-16-20-6-2-4-8-25(20)32/h2-15,18H,16-17H2,1H3,(H,30,35)/b15-12+. The van der Waals surface area contributed by atoms with Crippen molar-refractivity contribution in [2.45, 2.75) is 13.3 Å². The maximum atomic E-state index is 14.2. The number of rotatable bonds is 6. The molecule has 0 bridgehead atoms. The second-order valence-electron chi connectivity index (χ2n) is 8.26. The Morgan fingerprint density at radius 3 is 2.58 bits per heavy atom. The normalized spacial score (nSPS) is 12.6. The Bertz CT molecular complexity index is 1450. The maximum absolute atomic E-state index is 14.2. The van der Waals surface area contributed by atoms with Crippen LogP contribution in [-0.4, -0.2) is 23.3 Å². The summed E-state index contributed by atoms with van der Waals surface area (Å²) < 4.78 is 14.2. The van der Waals surface area contributed by atoms with Crippen LogP contribution in [0.1, 0.15) is 18.2 Å². The van der Waals surface area contributed by atoms with Gasteiger partial charge in [0.05, 0.1) is 11.4 Å². The fourth-order valence-electron chi connectivity index (χ4n) is 4.17. The van der Waals surface area contributed by atoms with Gasteiger partial charge in [-0.2, -0.15) is 0 Å². The molecule has 6 nitrogen and oxygen atoms in total. The highest BCUT2D eigenvalue weighted by Crippen LogP contribution is 2.35. The zero-order chi connectivity index (χ0) is 25.1. The van der Waals surface area contributed by atoms with Crippen molar-refractivity contribution in [3.05, 3.63) is 101 Å². The average molecular weight is 499 g/mol. The smallest absolute Gasteiger partial charge is 0.248 e. The van der Waals surface area contributed by atoms with Crippen molar-refractivity contribution >= 4 is 57.1 Å². The van der Waals surface area contributed by atoms with E-state index in [9.17, 15) is 14.0 Å². The van der Waals surface area contributed by atoms with Gasteiger partial charge in [0, 0.05) is 42.0 Å². The number of anilines is 5. The van der Waals surface area contributed by atoms with E-state index in [0.717, 1.165) is 18.7 Å². The van der Waals surface area contributed by atoms with Gasteiger partial charge in [-0.25, -0.2) is 9.37 Å². The number of halogens is 1. The molecule has 3 aromatic carbocycles. The highest BCUT2D eigenvalue weighted by Gasteiger charge is 2.21. The minimum absolute atomic E-state index is 0.133. The largest absolute Gasteiger partial charge is 0.341 e. The number of thiazole rings is 1. The number of benzene rings is 3. The molecule has 36 heavy (non-hydrogen) atoms. The molecule has 1 N–H and O–H groups in total. The molecule has 1 aliphatic heterocycles. The maximum Gasteiger partial charge on any atom is 0.248 e. The zero-order valence-electron chi connectivity index (χ0n) is 19.5. The summed E-state index contributed by atoms with van der Waals surface area (Å²) in [5.74, 6) is -1.18. The van der Waals surface area contributed by atoms with Crippen LogP contribution in [0.5, 0.6) is 0 Å². The summed E-state index contributed by atoms with van der Waals surface area (Å²) in [6.07, 6.45) is 3.96. The third-order valence-corrected chi connectivity index (χ3v) is 6.69. The molecule has 180 valence electrons. The number of nitrogens with one attached hydrogen (secondary N) is 1. The summed E-state index contributed by atoms with van der Waals surface area (Å²) in [5, 5.41) is 4.88. The van der Waals surface area contributed by atoms with Crippen LogP contribution in [0.3, 0.4) is 0 Å². The van der Waals surface area contributed by atoms with Gasteiger partial charge in [-0.1, -0.05) is 30.3 Å². The van der Waals surface area contributed by atoms with E-state index in [-0.39, 0.29) is 17.5 Å². The van der Waals surface area contributed by atoms with Crippen molar-refractivity contribution in [1.82, 2.24) is 4.98 Å². The van der Waals surface area contributed by atoms with Crippen LogP contribution in [-0.2, 0) is 16.0 Å². The fourth-order valence-corrected chi connectivity index (χ4v) is 5.02. The van der Waals surface area contributed by atoms with Gasteiger partial charge in [0.15, 0.2) is 5.13 Å². The van der Waals surface area contributed by atoms with Crippen LogP contribution in [0.2, 0.25) is 0 Å². The number of para-hydroxylation sites is 2. The molecule has 4 aromatic rings. The van der Waals surface area contributed by atoms with Gasteiger partial charge in [0.1, 0.15) is 5.82 Å². The zero-order valence-corrected chi connectivity index (χ0v) is 20.3.